The number of rotatable bonds is 8. The van der Waals surface area contributed by atoms with Gasteiger partial charge in [-0.05, 0) is 60.0 Å². The summed E-state index contributed by atoms with van der Waals surface area (Å²) in [6.07, 6.45) is 0.456. The lowest BCUT2D eigenvalue weighted by atomic mass is 10.1. The lowest BCUT2D eigenvalue weighted by molar-refractivity contribution is -0.144. The van der Waals surface area contributed by atoms with E-state index in [0.29, 0.717) is 48.1 Å². The second-order valence-electron chi connectivity index (χ2n) is 10.4. The van der Waals surface area contributed by atoms with Crippen LogP contribution < -0.4 is 14.8 Å². The molecule has 3 heterocycles. The number of aromatic nitrogens is 2. The number of benzene rings is 3. The zero-order chi connectivity index (χ0) is 29.2. The standard InChI is InChI=1S/C31H31N5O6/c1-35(17-28-33-23-5-3-4-6-24(23)34-28)30(38)20-8-9-22-21(14-20)16-36(31(39)25(32-22)15-29(37)40-2)12-11-19-7-10-26-27(13-19)42-18-41-26/h3-10,13-14,25,32H,11-12,15-18H2,1-2H3,(H,33,34). The van der Waals surface area contributed by atoms with Crippen molar-refractivity contribution in [3.63, 3.8) is 0 Å². The van der Waals surface area contributed by atoms with Crippen LogP contribution in [-0.4, -0.2) is 71.1 Å². The molecule has 11 heteroatoms. The van der Waals surface area contributed by atoms with E-state index in [0.717, 1.165) is 22.2 Å². The van der Waals surface area contributed by atoms with Crippen molar-refractivity contribution in [3.8, 4) is 11.5 Å². The highest BCUT2D eigenvalue weighted by Crippen LogP contribution is 2.33. The van der Waals surface area contributed by atoms with Crippen LogP contribution in [0, 0.1) is 0 Å². The molecule has 1 aromatic heterocycles. The minimum absolute atomic E-state index is 0.115. The maximum Gasteiger partial charge on any atom is 0.308 e. The van der Waals surface area contributed by atoms with Crippen molar-refractivity contribution in [2.75, 3.05) is 32.8 Å². The van der Waals surface area contributed by atoms with Gasteiger partial charge < -0.3 is 34.3 Å². The Labute approximate surface area is 242 Å². The molecule has 0 spiro atoms. The summed E-state index contributed by atoms with van der Waals surface area (Å²) in [5, 5.41) is 3.22. The van der Waals surface area contributed by atoms with Gasteiger partial charge >= 0.3 is 5.97 Å². The quantitative estimate of drug-likeness (QED) is 0.309. The van der Waals surface area contributed by atoms with E-state index in [1.54, 1.807) is 35.0 Å². The molecule has 6 rings (SSSR count). The number of aromatic amines is 1. The van der Waals surface area contributed by atoms with E-state index in [9.17, 15) is 14.4 Å². The zero-order valence-corrected chi connectivity index (χ0v) is 23.4. The number of esters is 1. The Morgan fingerprint density at radius 1 is 1.10 bits per heavy atom. The molecular formula is C31H31N5O6. The monoisotopic (exact) mass is 569 g/mol. The van der Waals surface area contributed by atoms with Crippen molar-refractivity contribution in [2.24, 2.45) is 0 Å². The summed E-state index contributed by atoms with van der Waals surface area (Å²) >= 11 is 0. The number of fused-ring (bicyclic) bond motifs is 3. The SMILES string of the molecule is COC(=O)CC1Nc2ccc(C(=O)N(C)Cc3nc4ccccc4[nH]3)cc2CN(CCc2ccc3c(c2)OCO3)C1=O. The van der Waals surface area contributed by atoms with Crippen LogP contribution in [0.4, 0.5) is 5.69 Å². The van der Waals surface area contributed by atoms with Gasteiger partial charge in [-0.1, -0.05) is 18.2 Å². The number of methoxy groups -OCH3 is 1. The second kappa shape index (κ2) is 11.4. The van der Waals surface area contributed by atoms with Crippen LogP contribution >= 0.6 is 0 Å². The average molecular weight is 570 g/mol. The third-order valence-electron chi connectivity index (χ3n) is 7.53. The molecule has 2 N–H and O–H groups in total. The maximum absolute atomic E-state index is 13.6. The molecule has 4 aromatic rings. The lowest BCUT2D eigenvalue weighted by Crippen LogP contribution is -2.42. The van der Waals surface area contributed by atoms with Gasteiger partial charge in [0.05, 0.1) is 31.1 Å². The fourth-order valence-electron chi connectivity index (χ4n) is 5.29. The van der Waals surface area contributed by atoms with Gasteiger partial charge in [0, 0.05) is 31.4 Å². The van der Waals surface area contributed by atoms with Crippen LogP contribution in [0.15, 0.2) is 60.7 Å². The van der Waals surface area contributed by atoms with Crippen molar-refractivity contribution >= 4 is 34.5 Å². The first-order valence-corrected chi connectivity index (χ1v) is 13.7. The molecular weight excluding hydrogens is 538 g/mol. The second-order valence-corrected chi connectivity index (χ2v) is 10.4. The Kier molecular flexibility index (Phi) is 7.39. The molecule has 11 nitrogen and oxygen atoms in total. The smallest absolute Gasteiger partial charge is 0.308 e. The van der Waals surface area contributed by atoms with Crippen LogP contribution in [0.25, 0.3) is 11.0 Å². The summed E-state index contributed by atoms with van der Waals surface area (Å²) < 4.78 is 15.7. The summed E-state index contributed by atoms with van der Waals surface area (Å²) in [6.45, 7) is 1.18. The number of hydrogen-bond acceptors (Lipinski definition) is 8. The number of nitrogens with zero attached hydrogens (tertiary/aromatic N) is 3. The van der Waals surface area contributed by atoms with Gasteiger partial charge in [0.1, 0.15) is 11.9 Å². The first-order chi connectivity index (χ1) is 20.4. The summed E-state index contributed by atoms with van der Waals surface area (Å²) in [7, 11) is 3.03. The van der Waals surface area contributed by atoms with Crippen LogP contribution in [-0.2, 0) is 33.8 Å². The highest BCUT2D eigenvalue weighted by Gasteiger charge is 2.32. The molecule has 1 atom stereocenters. The molecule has 0 radical (unpaired) electrons. The summed E-state index contributed by atoms with van der Waals surface area (Å²) in [6, 6.07) is 18.0. The molecule has 3 aromatic carbocycles. The van der Waals surface area contributed by atoms with E-state index in [1.807, 2.05) is 42.5 Å². The van der Waals surface area contributed by atoms with Gasteiger partial charge in [-0.3, -0.25) is 14.4 Å². The number of amides is 2. The largest absolute Gasteiger partial charge is 0.469 e. The number of ether oxygens (including phenoxy) is 3. The molecule has 2 amide bonds. The minimum atomic E-state index is -0.798. The average Bonchev–Trinajstić information content (AvgIpc) is 3.61. The number of imidazole rings is 1. The van der Waals surface area contributed by atoms with E-state index in [-0.39, 0.29) is 31.6 Å². The predicted octanol–water partition coefficient (Wildman–Crippen LogP) is 3.49. The predicted molar refractivity (Wildman–Crippen MR) is 154 cm³/mol. The molecule has 216 valence electrons. The topological polar surface area (TPSA) is 126 Å². The van der Waals surface area contributed by atoms with E-state index in [1.165, 1.54) is 7.11 Å². The molecule has 0 fully saturated rings. The van der Waals surface area contributed by atoms with Crippen molar-refractivity contribution in [3.05, 3.63) is 83.2 Å². The number of nitrogens with one attached hydrogen (secondary N) is 2. The number of carbonyl (C=O) groups is 3. The third-order valence-corrected chi connectivity index (χ3v) is 7.53. The molecule has 0 bridgehead atoms. The van der Waals surface area contributed by atoms with Gasteiger partial charge in [0.2, 0.25) is 12.7 Å². The van der Waals surface area contributed by atoms with Gasteiger partial charge in [0.25, 0.3) is 5.91 Å². The number of carbonyl (C=O) groups excluding carboxylic acids is 3. The molecule has 2 aliphatic heterocycles. The number of para-hydroxylation sites is 2. The summed E-state index contributed by atoms with van der Waals surface area (Å²) in [4.78, 5) is 50.3. The van der Waals surface area contributed by atoms with Gasteiger partial charge in [-0.15, -0.1) is 0 Å². The Morgan fingerprint density at radius 2 is 1.93 bits per heavy atom. The maximum atomic E-state index is 13.6. The minimum Gasteiger partial charge on any atom is -0.469 e. The van der Waals surface area contributed by atoms with Crippen LogP contribution in [0.1, 0.15) is 33.7 Å². The Bertz CT molecular complexity index is 1630. The van der Waals surface area contributed by atoms with Crippen LogP contribution in [0.3, 0.4) is 0 Å². The molecule has 2 aliphatic rings. The normalized spacial score (nSPS) is 15.6. The van der Waals surface area contributed by atoms with Crippen LogP contribution in [0.2, 0.25) is 0 Å². The molecule has 0 saturated carbocycles. The number of anilines is 1. The molecule has 0 saturated heterocycles. The summed E-state index contributed by atoms with van der Waals surface area (Å²) in [5.41, 5.74) is 4.71. The fraction of sp³-hybridized carbons (Fsp3) is 0.290. The van der Waals surface area contributed by atoms with Gasteiger partial charge in [0.15, 0.2) is 11.5 Å². The highest BCUT2D eigenvalue weighted by atomic mass is 16.7. The zero-order valence-electron chi connectivity index (χ0n) is 23.4. The van der Waals surface area contributed by atoms with Crippen molar-refractivity contribution in [1.29, 1.82) is 0 Å². The van der Waals surface area contributed by atoms with Crippen molar-refractivity contribution in [1.82, 2.24) is 19.8 Å². The highest BCUT2D eigenvalue weighted by molar-refractivity contribution is 5.96. The van der Waals surface area contributed by atoms with Crippen molar-refractivity contribution in [2.45, 2.75) is 32.0 Å². The number of H-pyrrole nitrogens is 1. The van der Waals surface area contributed by atoms with Gasteiger partial charge in [-0.25, -0.2) is 4.98 Å². The first kappa shape index (κ1) is 27.1. The van der Waals surface area contributed by atoms with E-state index >= 15 is 0 Å². The molecule has 0 aliphatic carbocycles. The Hall–Kier alpha value is -5.06. The fourth-order valence-corrected chi connectivity index (χ4v) is 5.29. The molecule has 42 heavy (non-hydrogen) atoms. The Balaban J connectivity index is 1.22. The third kappa shape index (κ3) is 5.58. The first-order valence-electron chi connectivity index (χ1n) is 13.7. The van der Waals surface area contributed by atoms with Gasteiger partial charge in [-0.2, -0.15) is 0 Å². The molecule has 1 unspecified atom stereocenters. The van der Waals surface area contributed by atoms with E-state index in [4.69, 9.17) is 14.2 Å². The van der Waals surface area contributed by atoms with Crippen molar-refractivity contribution < 1.29 is 28.6 Å². The lowest BCUT2D eigenvalue weighted by Gasteiger charge is -2.24. The Morgan fingerprint density at radius 3 is 2.76 bits per heavy atom. The summed E-state index contributed by atoms with van der Waals surface area (Å²) in [5.74, 6) is 1.19. The van der Waals surface area contributed by atoms with E-state index < -0.39 is 12.0 Å². The van der Waals surface area contributed by atoms with Crippen LogP contribution in [0.5, 0.6) is 11.5 Å². The number of hydrogen-bond donors (Lipinski definition) is 2. The van der Waals surface area contributed by atoms with E-state index in [2.05, 4.69) is 15.3 Å².